The topological polar surface area (TPSA) is 60.5 Å². The van der Waals surface area contributed by atoms with E-state index in [4.69, 9.17) is 9.47 Å². The number of hydrogen-bond acceptors (Lipinski definition) is 6. The van der Waals surface area contributed by atoms with Gasteiger partial charge < -0.3 is 14.8 Å². The second kappa shape index (κ2) is 9.52. The van der Waals surface area contributed by atoms with Gasteiger partial charge >= 0.3 is 0 Å². The molecule has 3 aromatic rings. The van der Waals surface area contributed by atoms with Gasteiger partial charge in [0.25, 0.3) is 0 Å². The number of benzene rings is 1. The molecule has 1 N–H and O–H groups in total. The van der Waals surface area contributed by atoms with E-state index in [1.165, 1.54) is 11.0 Å². The van der Waals surface area contributed by atoms with Crippen molar-refractivity contribution in [1.82, 2.24) is 10.3 Å². The zero-order valence-electron chi connectivity index (χ0n) is 16.0. The molecule has 2 heterocycles. The lowest BCUT2D eigenvalue weighted by Gasteiger charge is -2.07. The monoisotopic (exact) mass is 414 g/mol. The van der Waals surface area contributed by atoms with Crippen LogP contribution in [-0.2, 0) is 11.2 Å². The van der Waals surface area contributed by atoms with Gasteiger partial charge in [-0.15, -0.1) is 22.7 Å². The van der Waals surface area contributed by atoms with Crippen molar-refractivity contribution in [3.63, 3.8) is 0 Å². The van der Waals surface area contributed by atoms with E-state index < -0.39 is 0 Å². The Bertz CT molecular complexity index is 976. The number of thiazole rings is 1. The van der Waals surface area contributed by atoms with E-state index in [0.717, 1.165) is 27.6 Å². The summed E-state index contributed by atoms with van der Waals surface area (Å²) in [6.45, 7) is 2.59. The second-order valence-corrected chi connectivity index (χ2v) is 8.23. The quantitative estimate of drug-likeness (QED) is 0.549. The molecule has 0 fully saturated rings. The van der Waals surface area contributed by atoms with Gasteiger partial charge in [-0.25, -0.2) is 4.98 Å². The SMILES string of the molecule is COc1ccc(/C=C/C(=O)NCCc2ccc(-c3csc(C)n3)s2)c(OC)c1. The fourth-order valence-corrected chi connectivity index (χ4v) is 4.27. The standard InChI is InChI=1S/C21H22N2O3S2/c1-14-23-18(13-27-14)20-8-7-17(28-20)10-11-22-21(24)9-5-15-4-6-16(25-2)12-19(15)26-3/h4-9,12-13H,10-11H2,1-3H3,(H,22,24)/b9-5+. The maximum Gasteiger partial charge on any atom is 0.244 e. The van der Waals surface area contributed by atoms with E-state index in [-0.39, 0.29) is 5.91 Å². The lowest BCUT2D eigenvalue weighted by molar-refractivity contribution is -0.116. The van der Waals surface area contributed by atoms with Gasteiger partial charge in [0.2, 0.25) is 5.91 Å². The molecule has 1 aromatic carbocycles. The first-order valence-electron chi connectivity index (χ1n) is 8.78. The zero-order chi connectivity index (χ0) is 19.9. The number of carbonyl (C=O) groups is 1. The molecule has 7 heteroatoms. The van der Waals surface area contributed by atoms with Crippen molar-refractivity contribution < 1.29 is 14.3 Å². The predicted octanol–water partition coefficient (Wildman–Crippen LogP) is 4.57. The van der Waals surface area contributed by atoms with Crippen molar-refractivity contribution in [1.29, 1.82) is 0 Å². The highest BCUT2D eigenvalue weighted by atomic mass is 32.1. The zero-order valence-corrected chi connectivity index (χ0v) is 17.7. The molecule has 3 rings (SSSR count). The number of aryl methyl sites for hydroxylation is 1. The molecule has 146 valence electrons. The Morgan fingerprint density at radius 1 is 1.21 bits per heavy atom. The van der Waals surface area contributed by atoms with Crippen LogP contribution in [0.5, 0.6) is 11.5 Å². The number of carbonyl (C=O) groups excluding carboxylic acids is 1. The highest BCUT2D eigenvalue weighted by molar-refractivity contribution is 7.16. The molecule has 0 aliphatic heterocycles. The molecule has 0 saturated heterocycles. The fraction of sp³-hybridized carbons (Fsp3) is 0.238. The third-order valence-corrected chi connectivity index (χ3v) is 6.00. The van der Waals surface area contributed by atoms with E-state index in [0.29, 0.717) is 18.0 Å². The number of ether oxygens (including phenoxy) is 2. The molecule has 0 unspecified atom stereocenters. The smallest absolute Gasteiger partial charge is 0.244 e. The highest BCUT2D eigenvalue weighted by Gasteiger charge is 2.07. The molecular formula is C21H22N2O3S2. The van der Waals surface area contributed by atoms with Crippen LogP contribution in [0.3, 0.4) is 0 Å². The number of nitrogens with one attached hydrogen (secondary N) is 1. The van der Waals surface area contributed by atoms with E-state index in [9.17, 15) is 4.79 Å². The van der Waals surface area contributed by atoms with Gasteiger partial charge in [0.1, 0.15) is 11.5 Å². The maximum atomic E-state index is 12.1. The van der Waals surface area contributed by atoms with Gasteiger partial charge in [-0.2, -0.15) is 0 Å². The fourth-order valence-electron chi connectivity index (χ4n) is 2.62. The molecule has 1 amide bonds. The number of nitrogens with zero attached hydrogens (tertiary/aromatic N) is 1. The number of thiophene rings is 1. The third kappa shape index (κ3) is 5.21. The van der Waals surface area contributed by atoms with E-state index in [2.05, 4.69) is 27.8 Å². The Kier molecular flexibility index (Phi) is 6.84. The van der Waals surface area contributed by atoms with E-state index in [1.54, 1.807) is 49.0 Å². The van der Waals surface area contributed by atoms with Crippen LogP contribution in [0.15, 0.2) is 41.8 Å². The Balaban J connectivity index is 1.51. The summed E-state index contributed by atoms with van der Waals surface area (Å²) in [6, 6.07) is 9.66. The Morgan fingerprint density at radius 2 is 2.07 bits per heavy atom. The first-order chi connectivity index (χ1) is 13.6. The normalized spacial score (nSPS) is 11.0. The van der Waals surface area contributed by atoms with Crippen molar-refractivity contribution in [3.05, 3.63) is 57.2 Å². The summed E-state index contributed by atoms with van der Waals surface area (Å²) in [7, 11) is 3.20. The lowest BCUT2D eigenvalue weighted by Crippen LogP contribution is -2.23. The van der Waals surface area contributed by atoms with Gasteiger partial charge in [0, 0.05) is 34.5 Å². The molecule has 0 atom stereocenters. The molecule has 5 nitrogen and oxygen atoms in total. The second-order valence-electron chi connectivity index (χ2n) is 6.00. The van der Waals surface area contributed by atoms with E-state index >= 15 is 0 Å². The minimum absolute atomic E-state index is 0.134. The summed E-state index contributed by atoms with van der Waals surface area (Å²) in [4.78, 5) is 19.0. The number of amides is 1. The third-order valence-electron chi connectivity index (χ3n) is 4.06. The maximum absolute atomic E-state index is 12.1. The molecular weight excluding hydrogens is 392 g/mol. The Hall–Kier alpha value is -2.64. The minimum Gasteiger partial charge on any atom is -0.497 e. The van der Waals surface area contributed by atoms with Crippen LogP contribution in [-0.4, -0.2) is 31.7 Å². The van der Waals surface area contributed by atoms with Gasteiger partial charge in [0.15, 0.2) is 0 Å². The predicted molar refractivity (Wildman–Crippen MR) is 115 cm³/mol. The van der Waals surface area contributed by atoms with Crippen LogP contribution in [0.25, 0.3) is 16.6 Å². The van der Waals surface area contributed by atoms with Crippen molar-refractivity contribution in [2.24, 2.45) is 0 Å². The number of aromatic nitrogens is 1. The van der Waals surface area contributed by atoms with E-state index in [1.807, 2.05) is 19.1 Å². The van der Waals surface area contributed by atoms with Gasteiger partial charge in [0.05, 0.1) is 29.8 Å². The summed E-state index contributed by atoms with van der Waals surface area (Å²) in [5, 5.41) is 6.06. The first kappa shape index (κ1) is 20.1. The van der Waals surface area contributed by atoms with Crippen LogP contribution >= 0.6 is 22.7 Å². The van der Waals surface area contributed by atoms with Crippen LogP contribution in [0.4, 0.5) is 0 Å². The van der Waals surface area contributed by atoms with Crippen molar-refractivity contribution in [3.8, 4) is 22.1 Å². The molecule has 2 aromatic heterocycles. The van der Waals surface area contributed by atoms with Crippen LogP contribution in [0.1, 0.15) is 15.4 Å². The molecule has 0 aliphatic rings. The average Bonchev–Trinajstić information content (AvgIpc) is 3.35. The van der Waals surface area contributed by atoms with Crippen LogP contribution < -0.4 is 14.8 Å². The Labute approximate surface area is 172 Å². The Morgan fingerprint density at radius 3 is 2.79 bits per heavy atom. The van der Waals surface area contributed by atoms with Gasteiger partial charge in [-0.3, -0.25) is 4.79 Å². The summed E-state index contributed by atoms with van der Waals surface area (Å²) >= 11 is 3.37. The van der Waals surface area contributed by atoms with Gasteiger partial charge in [-0.1, -0.05) is 0 Å². The van der Waals surface area contributed by atoms with Gasteiger partial charge in [-0.05, 0) is 43.7 Å². The number of rotatable bonds is 8. The summed E-state index contributed by atoms with van der Waals surface area (Å²) in [6.07, 6.45) is 4.04. The largest absolute Gasteiger partial charge is 0.497 e. The van der Waals surface area contributed by atoms with Crippen molar-refractivity contribution >= 4 is 34.7 Å². The number of methoxy groups -OCH3 is 2. The first-order valence-corrected chi connectivity index (χ1v) is 10.5. The summed E-state index contributed by atoms with van der Waals surface area (Å²) in [5.74, 6) is 1.23. The van der Waals surface area contributed by atoms with Crippen LogP contribution in [0.2, 0.25) is 0 Å². The summed E-state index contributed by atoms with van der Waals surface area (Å²) in [5.41, 5.74) is 1.85. The molecule has 0 spiro atoms. The molecule has 0 saturated carbocycles. The van der Waals surface area contributed by atoms with Crippen molar-refractivity contribution in [2.75, 3.05) is 20.8 Å². The van der Waals surface area contributed by atoms with Crippen molar-refractivity contribution in [2.45, 2.75) is 13.3 Å². The molecule has 0 radical (unpaired) electrons. The summed E-state index contributed by atoms with van der Waals surface area (Å²) < 4.78 is 10.5. The molecule has 0 aliphatic carbocycles. The number of hydrogen-bond donors (Lipinski definition) is 1. The molecule has 0 bridgehead atoms. The minimum atomic E-state index is -0.134. The van der Waals surface area contributed by atoms with Crippen LogP contribution in [0, 0.1) is 6.92 Å². The highest BCUT2D eigenvalue weighted by Crippen LogP contribution is 2.29. The molecule has 28 heavy (non-hydrogen) atoms. The lowest BCUT2D eigenvalue weighted by atomic mass is 10.1. The average molecular weight is 415 g/mol.